The van der Waals surface area contributed by atoms with E-state index in [2.05, 4.69) is 13.8 Å². The van der Waals surface area contributed by atoms with Crippen molar-refractivity contribution in [1.29, 1.82) is 0 Å². The Morgan fingerprint density at radius 2 is 1.21 bits per heavy atom. The molecule has 0 N–H and O–H groups in total. The summed E-state index contributed by atoms with van der Waals surface area (Å²) >= 11 is 0. The fourth-order valence-corrected chi connectivity index (χ4v) is 3.11. The molecule has 0 heterocycles. The molecule has 0 unspecified atom stereocenters. The molecule has 160 valence electrons. The first-order valence-corrected chi connectivity index (χ1v) is 11.0. The van der Waals surface area contributed by atoms with Gasteiger partial charge in [-0.2, -0.15) is 0 Å². The predicted octanol–water partition coefficient (Wildman–Crippen LogP) is 5.71. The molecule has 1 rings (SSSR count). The third-order valence-corrected chi connectivity index (χ3v) is 4.51. The molecule has 0 atom stereocenters. The second-order valence-electron chi connectivity index (χ2n) is 6.81. The summed E-state index contributed by atoms with van der Waals surface area (Å²) in [7, 11) is 0. The zero-order valence-electron chi connectivity index (χ0n) is 18.5. The van der Waals surface area contributed by atoms with Gasteiger partial charge in [0.15, 0.2) is 11.5 Å². The maximum absolute atomic E-state index is 13.3. The first-order chi connectivity index (χ1) is 13.6. The molecule has 0 bridgehead atoms. The van der Waals surface area contributed by atoms with E-state index in [4.69, 9.17) is 14.2 Å². The predicted molar refractivity (Wildman–Crippen MR) is 115 cm³/mol. The number of benzene rings is 1. The normalized spacial score (nSPS) is 10.6. The molecule has 0 aliphatic carbocycles. The molecule has 0 radical (unpaired) electrons. The first kappa shape index (κ1) is 24.1. The topological polar surface area (TPSA) is 48.0 Å². The van der Waals surface area contributed by atoms with Gasteiger partial charge in [0, 0.05) is 18.7 Å². The number of unbranched alkanes of at least 4 members (excludes halogenated alkanes) is 4. The third kappa shape index (κ3) is 7.61. The van der Waals surface area contributed by atoms with Crippen LogP contribution in [0, 0.1) is 0 Å². The van der Waals surface area contributed by atoms with Crippen LogP contribution in [0.25, 0.3) is 0 Å². The number of rotatable bonds is 15. The van der Waals surface area contributed by atoms with Crippen molar-refractivity contribution in [1.82, 2.24) is 4.90 Å². The van der Waals surface area contributed by atoms with E-state index in [1.165, 1.54) is 0 Å². The van der Waals surface area contributed by atoms with Crippen LogP contribution in [0.2, 0.25) is 0 Å². The molecule has 0 saturated carbocycles. The summed E-state index contributed by atoms with van der Waals surface area (Å²) in [6, 6.07) is 3.60. The Bertz CT molecular complexity index is 537. The lowest BCUT2D eigenvalue weighted by molar-refractivity contribution is 0.0748. The van der Waals surface area contributed by atoms with Gasteiger partial charge in [-0.05, 0) is 45.7 Å². The van der Waals surface area contributed by atoms with E-state index in [-0.39, 0.29) is 5.91 Å². The fourth-order valence-electron chi connectivity index (χ4n) is 3.11. The highest BCUT2D eigenvalue weighted by Gasteiger charge is 2.21. The highest BCUT2D eigenvalue weighted by molar-refractivity contribution is 5.95. The Kier molecular flexibility index (Phi) is 12.2. The molecule has 1 aromatic carbocycles. The van der Waals surface area contributed by atoms with E-state index < -0.39 is 0 Å². The zero-order chi connectivity index (χ0) is 20.8. The van der Waals surface area contributed by atoms with Crippen LogP contribution >= 0.6 is 0 Å². The van der Waals surface area contributed by atoms with Crippen LogP contribution in [-0.2, 0) is 0 Å². The summed E-state index contributed by atoms with van der Waals surface area (Å²) < 4.78 is 17.3. The molecule has 5 nitrogen and oxygen atoms in total. The van der Waals surface area contributed by atoms with Crippen LogP contribution in [0.5, 0.6) is 17.2 Å². The molecule has 1 aromatic rings. The molecule has 5 heteroatoms. The van der Waals surface area contributed by atoms with E-state index in [1.54, 1.807) is 12.1 Å². The lowest BCUT2D eigenvalue weighted by atomic mass is 10.1. The molecule has 1 amide bonds. The van der Waals surface area contributed by atoms with Gasteiger partial charge in [-0.1, -0.05) is 39.5 Å². The van der Waals surface area contributed by atoms with Crippen LogP contribution < -0.4 is 14.2 Å². The Hall–Kier alpha value is -1.91. The highest BCUT2D eigenvalue weighted by atomic mass is 16.5. The van der Waals surface area contributed by atoms with E-state index in [0.29, 0.717) is 42.6 Å². The third-order valence-electron chi connectivity index (χ3n) is 4.51. The highest BCUT2D eigenvalue weighted by Crippen LogP contribution is 2.39. The monoisotopic (exact) mass is 393 g/mol. The van der Waals surface area contributed by atoms with Crippen LogP contribution in [0.15, 0.2) is 12.1 Å². The largest absolute Gasteiger partial charge is 0.490 e. The molecule has 0 aliphatic heterocycles. The van der Waals surface area contributed by atoms with Gasteiger partial charge >= 0.3 is 0 Å². The minimum atomic E-state index is 0.0390. The van der Waals surface area contributed by atoms with Gasteiger partial charge in [-0.3, -0.25) is 4.79 Å². The van der Waals surface area contributed by atoms with E-state index in [0.717, 1.165) is 51.6 Å². The summed E-state index contributed by atoms with van der Waals surface area (Å²) in [5.74, 6) is 1.75. The quantitative estimate of drug-likeness (QED) is 0.358. The summed E-state index contributed by atoms with van der Waals surface area (Å²) in [5.41, 5.74) is 0.600. The van der Waals surface area contributed by atoms with Crippen molar-refractivity contribution in [3.8, 4) is 17.2 Å². The van der Waals surface area contributed by atoms with Gasteiger partial charge in [-0.25, -0.2) is 0 Å². The number of nitrogens with zero attached hydrogens (tertiary/aromatic N) is 1. The van der Waals surface area contributed by atoms with E-state index in [1.807, 2.05) is 25.7 Å². The van der Waals surface area contributed by atoms with Gasteiger partial charge in [0.1, 0.15) is 0 Å². The molecule has 0 saturated heterocycles. The number of hydrogen-bond donors (Lipinski definition) is 0. The van der Waals surface area contributed by atoms with Crippen molar-refractivity contribution < 1.29 is 19.0 Å². The van der Waals surface area contributed by atoms with Gasteiger partial charge in [-0.15, -0.1) is 0 Å². The summed E-state index contributed by atoms with van der Waals surface area (Å²) in [5, 5.41) is 0. The molecular formula is C23H39NO4. The maximum atomic E-state index is 13.3. The lowest BCUT2D eigenvalue weighted by Crippen LogP contribution is -2.33. The average molecular weight is 394 g/mol. The van der Waals surface area contributed by atoms with Gasteiger partial charge in [0.05, 0.1) is 19.8 Å². The second kappa shape index (κ2) is 14.1. The summed E-state index contributed by atoms with van der Waals surface area (Å²) in [6.45, 7) is 13.2. The number of hydrogen-bond acceptors (Lipinski definition) is 4. The maximum Gasteiger partial charge on any atom is 0.254 e. The average Bonchev–Trinajstić information content (AvgIpc) is 2.69. The Morgan fingerprint density at radius 3 is 1.61 bits per heavy atom. The molecule has 0 aliphatic rings. The first-order valence-electron chi connectivity index (χ1n) is 11.0. The second-order valence-corrected chi connectivity index (χ2v) is 6.81. The smallest absolute Gasteiger partial charge is 0.254 e. The van der Waals surface area contributed by atoms with Gasteiger partial charge in [0.2, 0.25) is 5.75 Å². The molecule has 0 aromatic heterocycles. The van der Waals surface area contributed by atoms with Crippen LogP contribution in [0.1, 0.15) is 83.5 Å². The lowest BCUT2D eigenvalue weighted by Gasteiger charge is -2.24. The van der Waals surface area contributed by atoms with Crippen LogP contribution in [0.4, 0.5) is 0 Å². The number of carbonyl (C=O) groups excluding carboxylic acids is 1. The Labute approximate surface area is 171 Å². The van der Waals surface area contributed by atoms with E-state index >= 15 is 0 Å². The fraction of sp³-hybridized carbons (Fsp3) is 0.696. The number of ether oxygens (including phenoxy) is 3. The van der Waals surface area contributed by atoms with Crippen molar-refractivity contribution in [2.45, 2.75) is 73.1 Å². The van der Waals surface area contributed by atoms with Gasteiger partial charge in [0.25, 0.3) is 5.91 Å². The Morgan fingerprint density at radius 1 is 0.750 bits per heavy atom. The van der Waals surface area contributed by atoms with Crippen LogP contribution in [-0.4, -0.2) is 43.7 Å². The SMILES string of the molecule is CCCCCN(CCCCC)C(=O)c1cc(OCC)c(OCC)c(OCC)c1. The number of amides is 1. The molecular weight excluding hydrogens is 354 g/mol. The minimum Gasteiger partial charge on any atom is -0.490 e. The standard InChI is InChI=1S/C23H39NO4/c1-6-11-13-15-24(16-14-12-7-2)23(25)19-17-20(26-8-3)22(28-10-5)21(18-19)27-9-4/h17-18H,6-16H2,1-5H3. The van der Waals surface area contributed by atoms with Crippen LogP contribution in [0.3, 0.4) is 0 Å². The molecule has 0 spiro atoms. The Balaban J connectivity index is 3.17. The number of carbonyl (C=O) groups is 1. The van der Waals surface area contributed by atoms with Crippen molar-refractivity contribution in [3.05, 3.63) is 17.7 Å². The van der Waals surface area contributed by atoms with Crippen molar-refractivity contribution >= 4 is 5.91 Å². The van der Waals surface area contributed by atoms with Crippen molar-refractivity contribution in [2.24, 2.45) is 0 Å². The zero-order valence-corrected chi connectivity index (χ0v) is 18.5. The van der Waals surface area contributed by atoms with Gasteiger partial charge < -0.3 is 19.1 Å². The molecule has 28 heavy (non-hydrogen) atoms. The minimum absolute atomic E-state index is 0.0390. The van der Waals surface area contributed by atoms with Crippen molar-refractivity contribution in [2.75, 3.05) is 32.9 Å². The molecule has 0 fully saturated rings. The van der Waals surface area contributed by atoms with Crippen molar-refractivity contribution in [3.63, 3.8) is 0 Å². The summed E-state index contributed by atoms with van der Waals surface area (Å²) in [6.07, 6.45) is 6.61. The summed E-state index contributed by atoms with van der Waals surface area (Å²) in [4.78, 5) is 15.3. The van der Waals surface area contributed by atoms with E-state index in [9.17, 15) is 4.79 Å².